The Hall–Kier alpha value is -1.33. The Bertz CT molecular complexity index is 362. The fraction of sp³-hybridized carbons (Fsp3) is 0.533. The SMILES string of the molecule is CCCN(C)CCC(C)c1ccc(C#N)cc1. The summed E-state index contributed by atoms with van der Waals surface area (Å²) in [4.78, 5) is 2.38. The second-order valence-electron chi connectivity index (χ2n) is 4.73. The lowest BCUT2D eigenvalue weighted by molar-refractivity contribution is 0.321. The molecule has 0 aliphatic rings. The number of nitriles is 1. The van der Waals surface area contributed by atoms with Crippen LogP contribution in [0.15, 0.2) is 24.3 Å². The molecule has 0 heterocycles. The zero-order valence-electron chi connectivity index (χ0n) is 11.1. The third-order valence-electron chi connectivity index (χ3n) is 3.16. The average molecular weight is 230 g/mol. The van der Waals surface area contributed by atoms with Crippen LogP contribution in [0.2, 0.25) is 0 Å². The van der Waals surface area contributed by atoms with E-state index in [1.165, 1.54) is 24.9 Å². The molecule has 0 N–H and O–H groups in total. The predicted octanol–water partition coefficient (Wildman–Crippen LogP) is 3.39. The third-order valence-corrected chi connectivity index (χ3v) is 3.16. The second-order valence-corrected chi connectivity index (χ2v) is 4.73. The van der Waals surface area contributed by atoms with Crippen LogP contribution >= 0.6 is 0 Å². The third kappa shape index (κ3) is 4.58. The molecule has 1 aromatic rings. The van der Waals surface area contributed by atoms with Crippen LogP contribution in [0.1, 0.15) is 43.7 Å². The molecular formula is C15H22N2. The highest BCUT2D eigenvalue weighted by Gasteiger charge is 2.06. The maximum atomic E-state index is 8.75. The van der Waals surface area contributed by atoms with E-state index in [0.29, 0.717) is 5.92 Å². The van der Waals surface area contributed by atoms with Crippen LogP contribution in [0.3, 0.4) is 0 Å². The molecule has 2 heteroatoms. The summed E-state index contributed by atoms with van der Waals surface area (Å²) in [6.07, 6.45) is 2.38. The number of nitrogens with zero attached hydrogens (tertiary/aromatic N) is 2. The second kappa shape index (κ2) is 7.09. The number of rotatable bonds is 6. The highest BCUT2D eigenvalue weighted by atomic mass is 15.1. The van der Waals surface area contributed by atoms with Crippen LogP contribution in [0, 0.1) is 11.3 Å². The fourth-order valence-electron chi connectivity index (χ4n) is 1.96. The summed E-state index contributed by atoms with van der Waals surface area (Å²) in [5.74, 6) is 0.557. The zero-order chi connectivity index (χ0) is 12.7. The highest BCUT2D eigenvalue weighted by Crippen LogP contribution is 2.19. The highest BCUT2D eigenvalue weighted by molar-refractivity contribution is 5.32. The van der Waals surface area contributed by atoms with E-state index < -0.39 is 0 Å². The quantitative estimate of drug-likeness (QED) is 0.749. The van der Waals surface area contributed by atoms with E-state index in [2.05, 4.69) is 44.0 Å². The lowest BCUT2D eigenvalue weighted by Gasteiger charge is -2.18. The summed E-state index contributed by atoms with van der Waals surface area (Å²) in [7, 11) is 2.18. The predicted molar refractivity (Wildman–Crippen MR) is 72.0 cm³/mol. The van der Waals surface area contributed by atoms with Crippen LogP contribution in [-0.4, -0.2) is 25.0 Å². The van der Waals surface area contributed by atoms with Gasteiger partial charge in [-0.1, -0.05) is 26.0 Å². The van der Waals surface area contributed by atoms with E-state index in [9.17, 15) is 0 Å². The first-order chi connectivity index (χ1) is 8.17. The molecule has 2 nitrogen and oxygen atoms in total. The summed E-state index contributed by atoms with van der Waals surface area (Å²) in [5.41, 5.74) is 2.07. The topological polar surface area (TPSA) is 27.0 Å². The molecule has 0 aromatic heterocycles. The summed E-state index contributed by atoms with van der Waals surface area (Å²) in [5, 5.41) is 8.75. The molecule has 0 amide bonds. The molecule has 0 radical (unpaired) electrons. The first-order valence-corrected chi connectivity index (χ1v) is 6.36. The Kier molecular flexibility index (Phi) is 5.72. The van der Waals surface area contributed by atoms with Crippen LogP contribution < -0.4 is 0 Å². The van der Waals surface area contributed by atoms with Crippen LogP contribution in [0.4, 0.5) is 0 Å². The van der Waals surface area contributed by atoms with Crippen molar-refractivity contribution < 1.29 is 0 Å². The van der Waals surface area contributed by atoms with Gasteiger partial charge < -0.3 is 4.90 Å². The van der Waals surface area contributed by atoms with Gasteiger partial charge in [0.2, 0.25) is 0 Å². The van der Waals surface area contributed by atoms with E-state index in [4.69, 9.17) is 5.26 Å². The van der Waals surface area contributed by atoms with Gasteiger partial charge in [-0.3, -0.25) is 0 Å². The summed E-state index contributed by atoms with van der Waals surface area (Å²) in [6, 6.07) is 10.1. The minimum absolute atomic E-state index is 0.557. The van der Waals surface area contributed by atoms with Crippen molar-refractivity contribution in [2.24, 2.45) is 0 Å². The monoisotopic (exact) mass is 230 g/mol. The Balaban J connectivity index is 2.46. The summed E-state index contributed by atoms with van der Waals surface area (Å²) in [6.45, 7) is 6.76. The van der Waals surface area contributed by atoms with Crippen LogP contribution in [0.5, 0.6) is 0 Å². The Morgan fingerprint density at radius 3 is 2.41 bits per heavy atom. The lowest BCUT2D eigenvalue weighted by atomic mass is 9.97. The number of hydrogen-bond donors (Lipinski definition) is 0. The molecule has 0 saturated carbocycles. The summed E-state index contributed by atoms with van der Waals surface area (Å²) >= 11 is 0. The van der Waals surface area contributed by atoms with Gasteiger partial charge in [-0.05, 0) is 56.6 Å². The van der Waals surface area contributed by atoms with E-state index in [1.54, 1.807) is 0 Å². The minimum Gasteiger partial charge on any atom is -0.306 e. The lowest BCUT2D eigenvalue weighted by Crippen LogP contribution is -2.21. The number of hydrogen-bond acceptors (Lipinski definition) is 2. The van der Waals surface area contributed by atoms with Gasteiger partial charge >= 0.3 is 0 Å². The van der Waals surface area contributed by atoms with Crippen molar-refractivity contribution in [2.45, 2.75) is 32.6 Å². The number of benzene rings is 1. The van der Waals surface area contributed by atoms with Crippen molar-refractivity contribution in [3.8, 4) is 6.07 Å². The van der Waals surface area contributed by atoms with Crippen molar-refractivity contribution in [3.63, 3.8) is 0 Å². The van der Waals surface area contributed by atoms with Gasteiger partial charge in [0.1, 0.15) is 0 Å². The largest absolute Gasteiger partial charge is 0.306 e. The molecular weight excluding hydrogens is 208 g/mol. The average Bonchev–Trinajstić information content (AvgIpc) is 2.36. The molecule has 1 aromatic carbocycles. The first-order valence-electron chi connectivity index (χ1n) is 6.36. The van der Waals surface area contributed by atoms with Gasteiger partial charge in [0, 0.05) is 0 Å². The molecule has 1 unspecified atom stereocenters. The van der Waals surface area contributed by atoms with Crippen molar-refractivity contribution >= 4 is 0 Å². The fourth-order valence-corrected chi connectivity index (χ4v) is 1.96. The Morgan fingerprint density at radius 1 is 1.24 bits per heavy atom. The van der Waals surface area contributed by atoms with E-state index >= 15 is 0 Å². The van der Waals surface area contributed by atoms with Gasteiger partial charge in [-0.2, -0.15) is 5.26 Å². The zero-order valence-corrected chi connectivity index (χ0v) is 11.1. The molecule has 17 heavy (non-hydrogen) atoms. The molecule has 0 aliphatic heterocycles. The van der Waals surface area contributed by atoms with Gasteiger partial charge in [0.25, 0.3) is 0 Å². The standard InChI is InChI=1S/C15H22N2/c1-4-10-17(3)11-9-13(2)15-7-5-14(12-16)6-8-15/h5-8,13H,4,9-11H2,1-3H3. The van der Waals surface area contributed by atoms with E-state index in [0.717, 1.165) is 12.1 Å². The summed E-state index contributed by atoms with van der Waals surface area (Å²) < 4.78 is 0. The minimum atomic E-state index is 0.557. The molecule has 0 aliphatic carbocycles. The molecule has 92 valence electrons. The molecule has 1 rings (SSSR count). The van der Waals surface area contributed by atoms with Gasteiger partial charge in [-0.15, -0.1) is 0 Å². The van der Waals surface area contributed by atoms with Gasteiger partial charge in [-0.25, -0.2) is 0 Å². The van der Waals surface area contributed by atoms with Crippen molar-refractivity contribution in [1.29, 1.82) is 5.26 Å². The molecule has 0 fully saturated rings. The smallest absolute Gasteiger partial charge is 0.0991 e. The van der Waals surface area contributed by atoms with E-state index in [-0.39, 0.29) is 0 Å². The van der Waals surface area contributed by atoms with Gasteiger partial charge in [0.15, 0.2) is 0 Å². The van der Waals surface area contributed by atoms with Crippen LogP contribution in [-0.2, 0) is 0 Å². The van der Waals surface area contributed by atoms with Crippen molar-refractivity contribution in [3.05, 3.63) is 35.4 Å². The van der Waals surface area contributed by atoms with Gasteiger partial charge in [0.05, 0.1) is 11.6 Å². The molecule has 0 bridgehead atoms. The molecule has 0 saturated heterocycles. The van der Waals surface area contributed by atoms with Crippen molar-refractivity contribution in [2.75, 3.05) is 20.1 Å². The van der Waals surface area contributed by atoms with Crippen molar-refractivity contribution in [1.82, 2.24) is 4.90 Å². The Morgan fingerprint density at radius 2 is 1.88 bits per heavy atom. The normalized spacial score (nSPS) is 12.4. The maximum absolute atomic E-state index is 8.75. The maximum Gasteiger partial charge on any atom is 0.0991 e. The van der Waals surface area contributed by atoms with E-state index in [1.807, 2.05) is 12.1 Å². The molecule has 1 atom stereocenters. The Labute approximate surface area is 105 Å². The van der Waals surface area contributed by atoms with Crippen LogP contribution in [0.25, 0.3) is 0 Å². The molecule has 0 spiro atoms. The first kappa shape index (κ1) is 13.7.